The molecular weight excluding hydrogens is 194 g/mol. The van der Waals surface area contributed by atoms with E-state index in [4.69, 9.17) is 4.74 Å². The summed E-state index contributed by atoms with van der Waals surface area (Å²) < 4.78 is 5.63. The Labute approximate surface area is 89.1 Å². The molecule has 1 rings (SSSR count). The molecule has 0 atom stereocenters. The molecule has 0 N–H and O–H groups in total. The molecule has 4 heteroatoms. The highest BCUT2D eigenvalue weighted by atomic mass is 16.5. The highest BCUT2D eigenvalue weighted by molar-refractivity contribution is 5.81. The second kappa shape index (κ2) is 4.29. The highest BCUT2D eigenvalue weighted by Crippen LogP contribution is 2.23. The Morgan fingerprint density at radius 1 is 1.60 bits per heavy atom. The standard InChI is InChI=1S/C11H15NO3/c1-4-15-10(13)11(2,3)9-6-5-7-12(14)8-9/h5-8H,4H2,1-3H3. The molecule has 0 fully saturated rings. The van der Waals surface area contributed by atoms with Crippen LogP contribution in [0.5, 0.6) is 0 Å². The predicted octanol–water partition coefficient (Wildman–Crippen LogP) is 1.16. The predicted molar refractivity (Wildman–Crippen MR) is 55.1 cm³/mol. The van der Waals surface area contributed by atoms with E-state index >= 15 is 0 Å². The lowest BCUT2D eigenvalue weighted by atomic mass is 9.86. The molecule has 0 aromatic carbocycles. The number of aromatic nitrogens is 1. The van der Waals surface area contributed by atoms with Gasteiger partial charge in [-0.3, -0.25) is 4.79 Å². The van der Waals surface area contributed by atoms with Gasteiger partial charge in [0.05, 0.1) is 12.0 Å². The summed E-state index contributed by atoms with van der Waals surface area (Å²) in [4.78, 5) is 11.6. The van der Waals surface area contributed by atoms with Crippen molar-refractivity contribution in [2.75, 3.05) is 6.61 Å². The topological polar surface area (TPSA) is 53.2 Å². The van der Waals surface area contributed by atoms with E-state index in [1.54, 1.807) is 32.9 Å². The number of hydrogen-bond donors (Lipinski definition) is 0. The van der Waals surface area contributed by atoms with Gasteiger partial charge in [0.1, 0.15) is 0 Å². The van der Waals surface area contributed by atoms with E-state index in [-0.39, 0.29) is 5.97 Å². The highest BCUT2D eigenvalue weighted by Gasteiger charge is 2.32. The van der Waals surface area contributed by atoms with Crippen molar-refractivity contribution in [3.05, 3.63) is 35.3 Å². The molecule has 0 saturated carbocycles. The zero-order valence-electron chi connectivity index (χ0n) is 9.19. The van der Waals surface area contributed by atoms with Gasteiger partial charge in [-0.05, 0) is 26.8 Å². The van der Waals surface area contributed by atoms with E-state index in [1.165, 1.54) is 12.4 Å². The second-order valence-electron chi connectivity index (χ2n) is 3.80. The first kappa shape index (κ1) is 11.5. The van der Waals surface area contributed by atoms with Crippen molar-refractivity contribution in [1.29, 1.82) is 0 Å². The van der Waals surface area contributed by atoms with E-state index in [0.717, 1.165) is 0 Å². The quantitative estimate of drug-likeness (QED) is 0.426. The summed E-state index contributed by atoms with van der Waals surface area (Å²) >= 11 is 0. The minimum atomic E-state index is -0.788. The van der Waals surface area contributed by atoms with Crippen LogP contribution in [0.2, 0.25) is 0 Å². The van der Waals surface area contributed by atoms with Crippen molar-refractivity contribution in [3.63, 3.8) is 0 Å². The number of nitrogens with zero attached hydrogens (tertiary/aromatic N) is 1. The average molecular weight is 209 g/mol. The Kier molecular flexibility index (Phi) is 3.29. The fraction of sp³-hybridized carbons (Fsp3) is 0.455. The van der Waals surface area contributed by atoms with E-state index in [0.29, 0.717) is 16.9 Å². The molecule has 4 nitrogen and oxygen atoms in total. The molecule has 0 unspecified atom stereocenters. The van der Waals surface area contributed by atoms with Crippen LogP contribution < -0.4 is 4.73 Å². The summed E-state index contributed by atoms with van der Waals surface area (Å²) in [6.45, 7) is 5.57. The minimum absolute atomic E-state index is 0.323. The molecule has 0 amide bonds. The summed E-state index contributed by atoms with van der Waals surface area (Å²) in [7, 11) is 0. The molecule has 82 valence electrons. The van der Waals surface area contributed by atoms with Gasteiger partial charge >= 0.3 is 5.97 Å². The molecule has 1 aromatic heterocycles. The van der Waals surface area contributed by atoms with Crippen molar-refractivity contribution in [2.24, 2.45) is 0 Å². The molecule has 0 saturated heterocycles. The number of carbonyl (C=O) groups excluding carboxylic acids is 1. The first-order chi connectivity index (χ1) is 6.98. The maximum atomic E-state index is 11.6. The Morgan fingerprint density at radius 3 is 2.80 bits per heavy atom. The fourth-order valence-corrected chi connectivity index (χ4v) is 1.25. The van der Waals surface area contributed by atoms with Crippen LogP contribution >= 0.6 is 0 Å². The van der Waals surface area contributed by atoms with Gasteiger partial charge in [0, 0.05) is 11.6 Å². The number of hydrogen-bond acceptors (Lipinski definition) is 3. The SMILES string of the molecule is CCOC(=O)C(C)(C)c1ccc[n+]([O-])c1. The Morgan fingerprint density at radius 2 is 2.27 bits per heavy atom. The Hall–Kier alpha value is -1.58. The number of carbonyl (C=O) groups is 1. The van der Waals surface area contributed by atoms with Crippen molar-refractivity contribution < 1.29 is 14.3 Å². The van der Waals surface area contributed by atoms with Crippen LogP contribution in [0, 0.1) is 5.21 Å². The monoisotopic (exact) mass is 209 g/mol. The molecule has 1 heterocycles. The van der Waals surface area contributed by atoms with Gasteiger partial charge < -0.3 is 9.94 Å². The lowest BCUT2D eigenvalue weighted by molar-refractivity contribution is -0.606. The van der Waals surface area contributed by atoms with E-state index in [2.05, 4.69) is 0 Å². The van der Waals surface area contributed by atoms with Crippen LogP contribution in [0.1, 0.15) is 26.3 Å². The van der Waals surface area contributed by atoms with Gasteiger partial charge in [0.2, 0.25) is 0 Å². The van der Waals surface area contributed by atoms with Gasteiger partial charge in [-0.15, -0.1) is 0 Å². The number of rotatable bonds is 3. The molecule has 15 heavy (non-hydrogen) atoms. The van der Waals surface area contributed by atoms with Crippen LogP contribution in [-0.2, 0) is 14.9 Å². The third kappa shape index (κ3) is 2.46. The zero-order chi connectivity index (χ0) is 11.5. The Balaban J connectivity index is 2.99. The summed E-state index contributed by atoms with van der Waals surface area (Å²) in [6.07, 6.45) is 2.77. The number of pyridine rings is 1. The molecule has 0 aliphatic rings. The third-order valence-corrected chi connectivity index (χ3v) is 2.28. The normalized spacial score (nSPS) is 11.1. The van der Waals surface area contributed by atoms with E-state index < -0.39 is 5.41 Å². The number of ether oxygens (including phenoxy) is 1. The van der Waals surface area contributed by atoms with Crippen molar-refractivity contribution in [2.45, 2.75) is 26.2 Å². The Bertz CT molecular complexity index is 361. The maximum absolute atomic E-state index is 11.6. The summed E-state index contributed by atoms with van der Waals surface area (Å²) in [5, 5.41) is 11.1. The van der Waals surface area contributed by atoms with Gasteiger partial charge in [-0.25, -0.2) is 0 Å². The van der Waals surface area contributed by atoms with Crippen LogP contribution in [0.3, 0.4) is 0 Å². The summed E-state index contributed by atoms with van der Waals surface area (Å²) in [6, 6.07) is 3.36. The first-order valence-electron chi connectivity index (χ1n) is 4.85. The largest absolute Gasteiger partial charge is 0.619 e. The average Bonchev–Trinajstić information content (AvgIpc) is 2.18. The summed E-state index contributed by atoms with van der Waals surface area (Å²) in [5.41, 5.74) is -0.137. The van der Waals surface area contributed by atoms with Gasteiger partial charge in [0.25, 0.3) is 0 Å². The molecule has 0 radical (unpaired) electrons. The molecule has 1 aromatic rings. The van der Waals surface area contributed by atoms with E-state index in [1.807, 2.05) is 0 Å². The van der Waals surface area contributed by atoms with E-state index in [9.17, 15) is 10.0 Å². The lowest BCUT2D eigenvalue weighted by Gasteiger charge is -2.21. The minimum Gasteiger partial charge on any atom is -0.619 e. The second-order valence-corrected chi connectivity index (χ2v) is 3.80. The number of esters is 1. The van der Waals surface area contributed by atoms with Crippen LogP contribution in [-0.4, -0.2) is 12.6 Å². The van der Waals surface area contributed by atoms with Crippen LogP contribution in [0.4, 0.5) is 0 Å². The van der Waals surface area contributed by atoms with Crippen molar-refractivity contribution >= 4 is 5.97 Å². The van der Waals surface area contributed by atoms with Gasteiger partial charge in [-0.2, -0.15) is 4.73 Å². The zero-order valence-corrected chi connectivity index (χ0v) is 9.19. The molecule has 0 aliphatic heterocycles. The molecule has 0 spiro atoms. The van der Waals surface area contributed by atoms with Crippen molar-refractivity contribution in [1.82, 2.24) is 0 Å². The van der Waals surface area contributed by atoms with Crippen LogP contribution in [0.15, 0.2) is 24.5 Å². The molecule has 0 aliphatic carbocycles. The first-order valence-corrected chi connectivity index (χ1v) is 4.85. The van der Waals surface area contributed by atoms with Crippen molar-refractivity contribution in [3.8, 4) is 0 Å². The summed E-state index contributed by atoms with van der Waals surface area (Å²) in [5.74, 6) is -0.323. The maximum Gasteiger partial charge on any atom is 0.316 e. The van der Waals surface area contributed by atoms with Crippen LogP contribution in [0.25, 0.3) is 0 Å². The third-order valence-electron chi connectivity index (χ3n) is 2.28. The van der Waals surface area contributed by atoms with Gasteiger partial charge in [0.15, 0.2) is 12.4 Å². The smallest absolute Gasteiger partial charge is 0.316 e. The lowest BCUT2D eigenvalue weighted by Crippen LogP contribution is -2.35. The van der Waals surface area contributed by atoms with Gasteiger partial charge in [-0.1, -0.05) is 0 Å². The fourth-order valence-electron chi connectivity index (χ4n) is 1.25. The molecular formula is C11H15NO3. The molecule has 0 bridgehead atoms.